The van der Waals surface area contributed by atoms with E-state index in [1.54, 1.807) is 0 Å². The van der Waals surface area contributed by atoms with E-state index in [-0.39, 0.29) is 11.3 Å². The first-order valence-corrected chi connectivity index (χ1v) is 10.00. The van der Waals surface area contributed by atoms with Crippen LogP contribution in [0.2, 0.25) is 0 Å². The van der Waals surface area contributed by atoms with Crippen molar-refractivity contribution in [1.82, 2.24) is 4.90 Å². The first-order chi connectivity index (χ1) is 12.6. The molecule has 5 heteroatoms. The zero-order valence-electron chi connectivity index (χ0n) is 16.1. The van der Waals surface area contributed by atoms with Crippen molar-refractivity contribution in [3.8, 4) is 0 Å². The molecular weight excluding hydrogens is 326 g/mol. The number of morpholine rings is 1. The fourth-order valence-electron chi connectivity index (χ4n) is 4.21. The number of carbonyl (C=O) groups is 1. The molecule has 1 heterocycles. The number of aryl methyl sites for hydroxylation is 1. The molecule has 1 saturated heterocycles. The molecule has 3 N–H and O–H groups in total. The molecule has 1 aromatic carbocycles. The number of nitrogens with one attached hydrogen (secondary N) is 1. The summed E-state index contributed by atoms with van der Waals surface area (Å²) in [5.41, 5.74) is 9.32. The van der Waals surface area contributed by atoms with Crippen molar-refractivity contribution in [2.45, 2.75) is 52.0 Å². The van der Waals surface area contributed by atoms with E-state index in [1.807, 2.05) is 6.92 Å². The van der Waals surface area contributed by atoms with Gasteiger partial charge in [0.05, 0.1) is 13.2 Å². The maximum Gasteiger partial charge on any atom is 0.224 e. The van der Waals surface area contributed by atoms with Crippen LogP contribution in [0.4, 0.5) is 5.69 Å². The summed E-state index contributed by atoms with van der Waals surface area (Å²) >= 11 is 0. The Morgan fingerprint density at radius 2 is 1.96 bits per heavy atom. The summed E-state index contributed by atoms with van der Waals surface area (Å²) in [6.07, 6.45) is 6.35. The summed E-state index contributed by atoms with van der Waals surface area (Å²) in [6, 6.07) is 6.38. The van der Waals surface area contributed by atoms with Crippen LogP contribution in [0.15, 0.2) is 18.2 Å². The van der Waals surface area contributed by atoms with Gasteiger partial charge in [-0.2, -0.15) is 0 Å². The van der Waals surface area contributed by atoms with E-state index in [4.69, 9.17) is 10.5 Å². The molecule has 0 radical (unpaired) electrons. The third-order valence-electron chi connectivity index (χ3n) is 5.97. The van der Waals surface area contributed by atoms with Gasteiger partial charge >= 0.3 is 0 Å². The molecule has 2 fully saturated rings. The second-order valence-corrected chi connectivity index (χ2v) is 8.03. The lowest BCUT2D eigenvalue weighted by Gasteiger charge is -2.35. The summed E-state index contributed by atoms with van der Waals surface area (Å²) in [4.78, 5) is 15.1. The molecule has 0 spiro atoms. The molecule has 26 heavy (non-hydrogen) atoms. The van der Waals surface area contributed by atoms with Crippen LogP contribution in [0.1, 0.15) is 49.7 Å². The molecule has 1 saturated carbocycles. The highest BCUT2D eigenvalue weighted by Crippen LogP contribution is 2.38. The van der Waals surface area contributed by atoms with E-state index >= 15 is 0 Å². The fourth-order valence-corrected chi connectivity index (χ4v) is 4.21. The van der Waals surface area contributed by atoms with Crippen LogP contribution in [-0.4, -0.2) is 43.7 Å². The van der Waals surface area contributed by atoms with Gasteiger partial charge in [-0.25, -0.2) is 0 Å². The van der Waals surface area contributed by atoms with Crippen LogP contribution in [0.25, 0.3) is 0 Å². The zero-order chi connectivity index (χ0) is 18.4. The summed E-state index contributed by atoms with van der Waals surface area (Å²) < 4.78 is 5.42. The predicted octanol–water partition coefficient (Wildman–Crippen LogP) is 3.07. The lowest BCUT2D eigenvalue weighted by molar-refractivity contribution is -0.118. The maximum atomic E-state index is 12.7. The third-order valence-corrected chi connectivity index (χ3v) is 5.97. The van der Waals surface area contributed by atoms with Crippen LogP contribution < -0.4 is 11.1 Å². The normalized spacial score (nSPS) is 20.7. The number of benzene rings is 1. The van der Waals surface area contributed by atoms with E-state index < -0.39 is 0 Å². The number of rotatable bonds is 6. The van der Waals surface area contributed by atoms with Gasteiger partial charge < -0.3 is 15.8 Å². The lowest BCUT2D eigenvalue weighted by atomic mass is 9.71. The SMILES string of the molecule is Cc1ccc(CN2CCOCC2)cc1NC(=O)CC1(CN)CCCCC1. The molecule has 1 aromatic rings. The summed E-state index contributed by atoms with van der Waals surface area (Å²) in [7, 11) is 0. The second kappa shape index (κ2) is 8.98. The maximum absolute atomic E-state index is 12.7. The summed E-state index contributed by atoms with van der Waals surface area (Å²) in [5, 5.41) is 3.16. The van der Waals surface area contributed by atoms with Crippen LogP contribution in [0, 0.1) is 12.3 Å². The second-order valence-electron chi connectivity index (χ2n) is 8.03. The van der Waals surface area contributed by atoms with Crippen molar-refractivity contribution >= 4 is 11.6 Å². The monoisotopic (exact) mass is 359 g/mol. The van der Waals surface area contributed by atoms with Crippen LogP contribution in [0.5, 0.6) is 0 Å². The Morgan fingerprint density at radius 1 is 1.23 bits per heavy atom. The molecule has 2 aliphatic rings. The van der Waals surface area contributed by atoms with Crippen molar-refractivity contribution in [3.63, 3.8) is 0 Å². The molecule has 0 aromatic heterocycles. The minimum atomic E-state index is 0.00164. The Balaban J connectivity index is 1.62. The predicted molar refractivity (Wildman–Crippen MR) is 105 cm³/mol. The van der Waals surface area contributed by atoms with E-state index in [2.05, 4.69) is 28.4 Å². The van der Waals surface area contributed by atoms with Crippen molar-refractivity contribution in [2.75, 3.05) is 38.2 Å². The van der Waals surface area contributed by atoms with Crippen molar-refractivity contribution in [1.29, 1.82) is 0 Å². The van der Waals surface area contributed by atoms with Crippen molar-refractivity contribution < 1.29 is 9.53 Å². The van der Waals surface area contributed by atoms with Gasteiger partial charge in [0.25, 0.3) is 0 Å². The highest BCUT2D eigenvalue weighted by Gasteiger charge is 2.33. The minimum absolute atomic E-state index is 0.00164. The fraction of sp³-hybridized carbons (Fsp3) is 0.667. The van der Waals surface area contributed by atoms with E-state index in [0.717, 1.165) is 56.9 Å². The highest BCUT2D eigenvalue weighted by atomic mass is 16.5. The van der Waals surface area contributed by atoms with Crippen molar-refractivity contribution in [3.05, 3.63) is 29.3 Å². The van der Waals surface area contributed by atoms with Gasteiger partial charge in [-0.1, -0.05) is 31.4 Å². The topological polar surface area (TPSA) is 67.6 Å². The zero-order valence-corrected chi connectivity index (χ0v) is 16.1. The number of nitrogens with zero attached hydrogens (tertiary/aromatic N) is 1. The third kappa shape index (κ3) is 5.06. The minimum Gasteiger partial charge on any atom is -0.379 e. The number of hydrogen-bond donors (Lipinski definition) is 2. The quantitative estimate of drug-likeness (QED) is 0.819. The van der Waals surface area contributed by atoms with Gasteiger partial charge in [0.1, 0.15) is 0 Å². The molecule has 5 nitrogen and oxygen atoms in total. The summed E-state index contributed by atoms with van der Waals surface area (Å²) in [6.45, 7) is 7.10. The van der Waals surface area contributed by atoms with E-state index in [1.165, 1.54) is 24.8 Å². The standard InChI is InChI=1S/C21H33N3O2/c1-17-5-6-18(15-24-9-11-26-12-10-24)13-19(17)23-20(25)14-21(16-22)7-3-2-4-8-21/h5-6,13H,2-4,7-12,14-16,22H2,1H3,(H,23,25). The highest BCUT2D eigenvalue weighted by molar-refractivity contribution is 5.92. The van der Waals surface area contributed by atoms with Crippen LogP contribution in [-0.2, 0) is 16.1 Å². The average molecular weight is 360 g/mol. The number of ether oxygens (including phenoxy) is 1. The first kappa shape index (κ1) is 19.3. The molecule has 0 bridgehead atoms. The Kier molecular flexibility index (Phi) is 6.68. The van der Waals surface area contributed by atoms with Gasteiger partial charge in [0, 0.05) is 31.7 Å². The number of anilines is 1. The van der Waals surface area contributed by atoms with Gasteiger partial charge in [-0.15, -0.1) is 0 Å². The number of nitrogens with two attached hydrogens (primary N) is 1. The first-order valence-electron chi connectivity index (χ1n) is 10.00. The largest absolute Gasteiger partial charge is 0.379 e. The van der Waals surface area contributed by atoms with Gasteiger partial charge in [-0.05, 0) is 48.9 Å². The molecule has 1 aliphatic carbocycles. The van der Waals surface area contributed by atoms with E-state index in [9.17, 15) is 4.79 Å². The molecule has 144 valence electrons. The number of carbonyl (C=O) groups excluding carboxylic acids is 1. The average Bonchev–Trinajstić information content (AvgIpc) is 2.66. The molecule has 1 aliphatic heterocycles. The lowest BCUT2D eigenvalue weighted by Crippen LogP contribution is -2.36. The van der Waals surface area contributed by atoms with Crippen LogP contribution >= 0.6 is 0 Å². The number of hydrogen-bond acceptors (Lipinski definition) is 4. The summed E-state index contributed by atoms with van der Waals surface area (Å²) in [5.74, 6) is 0.101. The molecule has 3 rings (SSSR count). The number of amides is 1. The molecule has 0 unspecified atom stereocenters. The Morgan fingerprint density at radius 3 is 2.65 bits per heavy atom. The Labute approximate surface area is 157 Å². The molecule has 0 atom stereocenters. The Bertz CT molecular complexity index is 605. The van der Waals surface area contributed by atoms with Gasteiger partial charge in [0.2, 0.25) is 5.91 Å². The van der Waals surface area contributed by atoms with Gasteiger partial charge in [-0.3, -0.25) is 9.69 Å². The van der Waals surface area contributed by atoms with E-state index in [0.29, 0.717) is 13.0 Å². The van der Waals surface area contributed by atoms with Crippen molar-refractivity contribution in [2.24, 2.45) is 11.1 Å². The van der Waals surface area contributed by atoms with Gasteiger partial charge in [0.15, 0.2) is 0 Å². The smallest absolute Gasteiger partial charge is 0.224 e. The van der Waals surface area contributed by atoms with Crippen LogP contribution in [0.3, 0.4) is 0 Å². The Hall–Kier alpha value is -1.43. The molecular formula is C21H33N3O2. The molecule has 1 amide bonds.